The third-order valence-corrected chi connectivity index (χ3v) is 4.61. The molecule has 4 amide bonds. The summed E-state index contributed by atoms with van der Waals surface area (Å²) in [5, 5.41) is 2.99. The van der Waals surface area contributed by atoms with Gasteiger partial charge < -0.3 is 4.57 Å². The first-order valence-electron chi connectivity index (χ1n) is 8.85. The Morgan fingerprint density at radius 3 is 2.62 bits per heavy atom. The van der Waals surface area contributed by atoms with Gasteiger partial charge in [0.05, 0.1) is 5.69 Å². The Labute approximate surface area is 165 Å². The average molecular weight is 389 g/mol. The van der Waals surface area contributed by atoms with Crippen LogP contribution in [0, 0.1) is 5.82 Å². The van der Waals surface area contributed by atoms with Crippen LogP contribution in [-0.4, -0.2) is 22.4 Å². The van der Waals surface area contributed by atoms with Crippen molar-refractivity contribution in [3.8, 4) is 0 Å². The molecule has 7 heteroatoms. The maximum Gasteiger partial charge on any atom is 0.335 e. The Balaban J connectivity index is 1.82. The lowest BCUT2D eigenvalue weighted by molar-refractivity contribution is -0.122. The van der Waals surface area contributed by atoms with Crippen LogP contribution in [0.15, 0.2) is 73.0 Å². The molecule has 3 aromatic rings. The number of carbonyl (C=O) groups excluding carboxylic acids is 3. The Bertz CT molecular complexity index is 1210. The van der Waals surface area contributed by atoms with Crippen LogP contribution < -0.4 is 10.2 Å². The first-order valence-corrected chi connectivity index (χ1v) is 8.85. The number of rotatable bonds is 4. The Morgan fingerprint density at radius 1 is 1.07 bits per heavy atom. The van der Waals surface area contributed by atoms with Crippen LogP contribution >= 0.6 is 0 Å². The Kier molecular flexibility index (Phi) is 4.56. The summed E-state index contributed by atoms with van der Waals surface area (Å²) >= 11 is 0. The lowest BCUT2D eigenvalue weighted by Gasteiger charge is -2.26. The second kappa shape index (κ2) is 7.20. The van der Waals surface area contributed by atoms with Crippen molar-refractivity contribution in [2.45, 2.75) is 6.54 Å². The van der Waals surface area contributed by atoms with Crippen LogP contribution in [0.5, 0.6) is 0 Å². The van der Waals surface area contributed by atoms with Crippen LogP contribution in [0.4, 0.5) is 14.9 Å². The van der Waals surface area contributed by atoms with E-state index in [0.717, 1.165) is 21.9 Å². The highest BCUT2D eigenvalue weighted by molar-refractivity contribution is 6.39. The maximum atomic E-state index is 13.6. The molecule has 0 saturated carbocycles. The van der Waals surface area contributed by atoms with Crippen molar-refractivity contribution in [2.75, 3.05) is 4.90 Å². The standard InChI is InChI=1S/C22H16FN3O3/c1-2-10-25-13-14(17-8-3-4-9-19(17)25)11-18-20(27)24-22(29)26(21(18)28)16-7-5-6-15(23)12-16/h2-9,11-13H,1,10H2,(H,24,27,29). The highest BCUT2D eigenvalue weighted by Gasteiger charge is 2.37. The number of halogens is 1. The Hall–Kier alpha value is -4.00. The molecule has 29 heavy (non-hydrogen) atoms. The molecule has 1 fully saturated rings. The second-order valence-corrected chi connectivity index (χ2v) is 6.48. The number of nitrogens with zero attached hydrogens (tertiary/aromatic N) is 2. The van der Waals surface area contributed by atoms with E-state index in [2.05, 4.69) is 11.9 Å². The van der Waals surface area contributed by atoms with E-state index in [-0.39, 0.29) is 11.3 Å². The molecule has 6 nitrogen and oxygen atoms in total. The molecule has 2 heterocycles. The molecule has 1 aliphatic rings. The van der Waals surface area contributed by atoms with Crippen molar-refractivity contribution in [1.29, 1.82) is 0 Å². The minimum atomic E-state index is -0.920. The molecular formula is C22H16FN3O3. The average Bonchev–Trinajstić information content (AvgIpc) is 3.03. The highest BCUT2D eigenvalue weighted by Crippen LogP contribution is 2.26. The summed E-state index contributed by atoms with van der Waals surface area (Å²) in [5.74, 6) is -2.21. The molecular weight excluding hydrogens is 373 g/mol. The molecule has 0 atom stereocenters. The molecule has 0 aliphatic carbocycles. The van der Waals surface area contributed by atoms with E-state index in [1.807, 2.05) is 35.0 Å². The molecule has 2 aromatic carbocycles. The van der Waals surface area contributed by atoms with Gasteiger partial charge in [0, 0.05) is 29.2 Å². The van der Waals surface area contributed by atoms with Crippen LogP contribution in [0.25, 0.3) is 17.0 Å². The quantitative estimate of drug-likeness (QED) is 0.421. The molecule has 144 valence electrons. The largest absolute Gasteiger partial charge is 0.343 e. The molecule has 0 bridgehead atoms. The van der Waals surface area contributed by atoms with Gasteiger partial charge in [0.1, 0.15) is 11.4 Å². The maximum absolute atomic E-state index is 13.6. The predicted octanol–water partition coefficient (Wildman–Crippen LogP) is 3.63. The minimum absolute atomic E-state index is 0.0417. The number of para-hydroxylation sites is 1. The fourth-order valence-electron chi connectivity index (χ4n) is 3.34. The number of amides is 4. The van der Waals surface area contributed by atoms with Crippen molar-refractivity contribution < 1.29 is 18.8 Å². The van der Waals surface area contributed by atoms with Gasteiger partial charge in [0.15, 0.2) is 0 Å². The van der Waals surface area contributed by atoms with Gasteiger partial charge in [-0.2, -0.15) is 0 Å². The highest BCUT2D eigenvalue weighted by atomic mass is 19.1. The zero-order valence-corrected chi connectivity index (χ0v) is 15.3. The summed E-state index contributed by atoms with van der Waals surface area (Å²) in [7, 11) is 0. The predicted molar refractivity (Wildman–Crippen MR) is 108 cm³/mol. The van der Waals surface area contributed by atoms with Gasteiger partial charge in [-0.1, -0.05) is 30.3 Å². The van der Waals surface area contributed by atoms with E-state index < -0.39 is 23.7 Å². The number of allylic oxidation sites excluding steroid dienone is 1. The third kappa shape index (κ3) is 3.23. The zero-order valence-electron chi connectivity index (χ0n) is 15.3. The van der Waals surface area contributed by atoms with Gasteiger partial charge in [-0.05, 0) is 30.3 Å². The number of aromatic nitrogens is 1. The van der Waals surface area contributed by atoms with E-state index in [0.29, 0.717) is 12.1 Å². The number of barbiturate groups is 1. The lowest BCUT2D eigenvalue weighted by Crippen LogP contribution is -2.54. The van der Waals surface area contributed by atoms with Crippen molar-refractivity contribution in [1.82, 2.24) is 9.88 Å². The fraction of sp³-hybridized carbons (Fsp3) is 0.0455. The van der Waals surface area contributed by atoms with Crippen LogP contribution in [0.2, 0.25) is 0 Å². The van der Waals surface area contributed by atoms with E-state index in [9.17, 15) is 18.8 Å². The summed E-state index contributed by atoms with van der Waals surface area (Å²) in [5.41, 5.74) is 1.39. The van der Waals surface area contributed by atoms with E-state index >= 15 is 0 Å². The van der Waals surface area contributed by atoms with Gasteiger partial charge in [0.25, 0.3) is 11.8 Å². The molecule has 4 rings (SSSR count). The normalized spacial score (nSPS) is 15.8. The van der Waals surface area contributed by atoms with Crippen LogP contribution in [0.3, 0.4) is 0 Å². The van der Waals surface area contributed by atoms with Gasteiger partial charge in [-0.3, -0.25) is 14.9 Å². The summed E-state index contributed by atoms with van der Waals surface area (Å²) in [6.07, 6.45) is 4.99. The Morgan fingerprint density at radius 2 is 1.86 bits per heavy atom. The number of hydrogen-bond acceptors (Lipinski definition) is 3. The van der Waals surface area contributed by atoms with Gasteiger partial charge in [0.2, 0.25) is 0 Å². The number of carbonyl (C=O) groups is 3. The van der Waals surface area contributed by atoms with Crippen LogP contribution in [0.1, 0.15) is 5.56 Å². The molecule has 1 saturated heterocycles. The van der Waals surface area contributed by atoms with E-state index in [1.165, 1.54) is 24.3 Å². The molecule has 1 aliphatic heterocycles. The van der Waals surface area contributed by atoms with Crippen LogP contribution in [-0.2, 0) is 16.1 Å². The van der Waals surface area contributed by atoms with Crippen molar-refractivity contribution >= 4 is 40.5 Å². The number of nitrogens with one attached hydrogen (secondary N) is 1. The number of fused-ring (bicyclic) bond motifs is 1. The van der Waals surface area contributed by atoms with Crippen molar-refractivity contribution in [2.24, 2.45) is 0 Å². The topological polar surface area (TPSA) is 71.4 Å². The summed E-state index contributed by atoms with van der Waals surface area (Å²) in [6.45, 7) is 4.29. The molecule has 1 N–H and O–H groups in total. The number of urea groups is 1. The first kappa shape index (κ1) is 18.4. The fourth-order valence-corrected chi connectivity index (χ4v) is 3.34. The first-order chi connectivity index (χ1) is 14.0. The summed E-state index contributed by atoms with van der Waals surface area (Å²) in [4.78, 5) is 38.3. The smallest absolute Gasteiger partial charge is 0.335 e. The van der Waals surface area contributed by atoms with Gasteiger partial charge in [-0.15, -0.1) is 6.58 Å². The van der Waals surface area contributed by atoms with Gasteiger partial charge >= 0.3 is 6.03 Å². The number of hydrogen-bond donors (Lipinski definition) is 1. The summed E-state index contributed by atoms with van der Waals surface area (Å²) < 4.78 is 15.5. The number of anilines is 1. The number of imide groups is 2. The van der Waals surface area contributed by atoms with Crippen molar-refractivity contribution in [3.05, 3.63) is 84.3 Å². The molecule has 0 radical (unpaired) electrons. The lowest BCUT2D eigenvalue weighted by atomic mass is 10.1. The monoisotopic (exact) mass is 389 g/mol. The van der Waals surface area contributed by atoms with Crippen molar-refractivity contribution in [3.63, 3.8) is 0 Å². The number of benzene rings is 2. The molecule has 1 aromatic heterocycles. The van der Waals surface area contributed by atoms with Gasteiger partial charge in [-0.25, -0.2) is 14.1 Å². The second-order valence-electron chi connectivity index (χ2n) is 6.48. The molecule has 0 unspecified atom stereocenters. The molecule has 0 spiro atoms. The SMILES string of the molecule is C=CCn1cc(C=C2C(=O)NC(=O)N(c3cccc(F)c3)C2=O)c2ccccc21. The minimum Gasteiger partial charge on any atom is -0.343 e. The summed E-state index contributed by atoms with van der Waals surface area (Å²) in [6, 6.07) is 11.7. The van der Waals surface area contributed by atoms with E-state index in [4.69, 9.17) is 0 Å². The van der Waals surface area contributed by atoms with E-state index in [1.54, 1.807) is 6.08 Å². The zero-order chi connectivity index (χ0) is 20.5. The third-order valence-electron chi connectivity index (χ3n) is 4.61.